The van der Waals surface area contributed by atoms with E-state index in [4.69, 9.17) is 5.11 Å². The van der Waals surface area contributed by atoms with Gasteiger partial charge in [0.25, 0.3) is 0 Å². The predicted molar refractivity (Wildman–Crippen MR) is 76.1 cm³/mol. The van der Waals surface area contributed by atoms with Crippen molar-refractivity contribution in [3.63, 3.8) is 0 Å². The highest BCUT2D eigenvalue weighted by molar-refractivity contribution is 5.82. The lowest BCUT2D eigenvalue weighted by molar-refractivity contribution is -0.139. The van der Waals surface area contributed by atoms with E-state index in [1.807, 2.05) is 6.92 Å². The molecule has 0 aliphatic heterocycles. The molecule has 5 heteroatoms. The van der Waals surface area contributed by atoms with Gasteiger partial charge in [-0.3, -0.25) is 0 Å². The molecule has 0 saturated carbocycles. The molecular weight excluding hydrogens is 244 g/mol. The third kappa shape index (κ3) is 7.03. The number of carbonyl (C=O) groups is 2. The Labute approximate surface area is 116 Å². The lowest BCUT2D eigenvalue weighted by atomic mass is 9.81. The lowest BCUT2D eigenvalue weighted by Crippen LogP contribution is -2.48. The van der Waals surface area contributed by atoms with Gasteiger partial charge in [0.15, 0.2) is 0 Å². The molecule has 0 aromatic carbocycles. The smallest absolute Gasteiger partial charge is 0.326 e. The number of carboxylic acids is 1. The zero-order valence-corrected chi connectivity index (χ0v) is 12.7. The normalized spacial score (nSPS) is 13.2. The third-order valence-electron chi connectivity index (χ3n) is 3.72. The largest absolute Gasteiger partial charge is 0.480 e. The second-order valence-electron chi connectivity index (χ2n) is 6.00. The quantitative estimate of drug-likeness (QED) is 0.635. The van der Waals surface area contributed by atoms with Gasteiger partial charge in [0.05, 0.1) is 0 Å². The van der Waals surface area contributed by atoms with E-state index in [0.717, 1.165) is 12.8 Å². The molecule has 0 heterocycles. The van der Waals surface area contributed by atoms with E-state index >= 15 is 0 Å². The fraction of sp³-hybridized carbons (Fsp3) is 0.857. The number of urea groups is 1. The Morgan fingerprint density at radius 1 is 1.26 bits per heavy atom. The van der Waals surface area contributed by atoms with Gasteiger partial charge in [-0.05, 0) is 17.8 Å². The topological polar surface area (TPSA) is 78.4 Å². The van der Waals surface area contributed by atoms with Crippen LogP contribution in [0.25, 0.3) is 0 Å². The molecule has 3 N–H and O–H groups in total. The SMILES string of the molecule is CCCCC(NC(=O)NCC(C)(C)C(C)C)C(=O)O. The fourth-order valence-corrected chi connectivity index (χ4v) is 1.39. The molecule has 1 unspecified atom stereocenters. The number of carboxylic acid groups (broad SMARTS) is 1. The molecule has 0 radical (unpaired) electrons. The number of amides is 2. The summed E-state index contributed by atoms with van der Waals surface area (Å²) in [5, 5.41) is 14.3. The summed E-state index contributed by atoms with van der Waals surface area (Å²) >= 11 is 0. The van der Waals surface area contributed by atoms with Gasteiger partial charge in [-0.25, -0.2) is 9.59 Å². The summed E-state index contributed by atoms with van der Waals surface area (Å²) in [5.74, 6) is -0.546. The zero-order chi connectivity index (χ0) is 15.1. The van der Waals surface area contributed by atoms with Crippen LogP contribution in [-0.4, -0.2) is 29.7 Å². The van der Waals surface area contributed by atoms with E-state index in [1.54, 1.807) is 0 Å². The van der Waals surface area contributed by atoms with Gasteiger partial charge in [-0.15, -0.1) is 0 Å². The van der Waals surface area contributed by atoms with E-state index < -0.39 is 18.0 Å². The minimum Gasteiger partial charge on any atom is -0.480 e. The Bertz CT molecular complexity index is 301. The van der Waals surface area contributed by atoms with Crippen molar-refractivity contribution < 1.29 is 14.7 Å². The summed E-state index contributed by atoms with van der Waals surface area (Å²) in [7, 11) is 0. The van der Waals surface area contributed by atoms with Gasteiger partial charge >= 0.3 is 12.0 Å². The molecule has 0 bridgehead atoms. The van der Waals surface area contributed by atoms with E-state index in [-0.39, 0.29) is 5.41 Å². The third-order valence-corrected chi connectivity index (χ3v) is 3.72. The molecule has 2 amide bonds. The summed E-state index contributed by atoms with van der Waals surface area (Å²) in [6, 6.07) is -1.21. The van der Waals surface area contributed by atoms with Crippen molar-refractivity contribution in [2.24, 2.45) is 11.3 Å². The Kier molecular flexibility index (Phi) is 7.49. The van der Waals surface area contributed by atoms with Gasteiger partial charge < -0.3 is 15.7 Å². The van der Waals surface area contributed by atoms with Crippen LogP contribution in [-0.2, 0) is 4.79 Å². The number of hydrogen-bond acceptors (Lipinski definition) is 2. The van der Waals surface area contributed by atoms with Crippen LogP contribution in [0.15, 0.2) is 0 Å². The number of unbranched alkanes of at least 4 members (excludes halogenated alkanes) is 1. The standard InChI is InChI=1S/C14H28N2O3/c1-6-7-8-11(12(17)18)16-13(19)15-9-14(4,5)10(2)3/h10-11H,6-9H2,1-5H3,(H,17,18)(H2,15,16,19). The molecule has 0 aliphatic rings. The number of hydrogen-bond donors (Lipinski definition) is 3. The molecule has 1 atom stereocenters. The van der Waals surface area contributed by atoms with Crippen LogP contribution in [0, 0.1) is 11.3 Å². The lowest BCUT2D eigenvalue weighted by Gasteiger charge is -2.29. The molecule has 19 heavy (non-hydrogen) atoms. The Morgan fingerprint density at radius 3 is 2.26 bits per heavy atom. The van der Waals surface area contributed by atoms with Crippen LogP contribution < -0.4 is 10.6 Å². The van der Waals surface area contributed by atoms with Crippen molar-refractivity contribution in [3.8, 4) is 0 Å². The van der Waals surface area contributed by atoms with Crippen molar-refractivity contribution >= 4 is 12.0 Å². The molecule has 5 nitrogen and oxygen atoms in total. The van der Waals surface area contributed by atoms with Crippen LogP contribution in [0.5, 0.6) is 0 Å². The first-order valence-corrected chi connectivity index (χ1v) is 6.98. The fourth-order valence-electron chi connectivity index (χ4n) is 1.39. The van der Waals surface area contributed by atoms with Gasteiger partial charge in [0, 0.05) is 6.54 Å². The second-order valence-corrected chi connectivity index (χ2v) is 6.00. The van der Waals surface area contributed by atoms with Crippen molar-refractivity contribution in [1.82, 2.24) is 10.6 Å². The van der Waals surface area contributed by atoms with E-state index in [0.29, 0.717) is 18.9 Å². The summed E-state index contributed by atoms with van der Waals surface area (Å²) < 4.78 is 0. The highest BCUT2D eigenvalue weighted by Gasteiger charge is 2.24. The molecular formula is C14H28N2O3. The van der Waals surface area contributed by atoms with Crippen LogP contribution in [0.3, 0.4) is 0 Å². The monoisotopic (exact) mass is 272 g/mol. The maximum atomic E-state index is 11.7. The van der Waals surface area contributed by atoms with Gasteiger partial charge in [0.2, 0.25) is 0 Å². The molecule has 0 aromatic rings. The average molecular weight is 272 g/mol. The molecule has 0 rings (SSSR count). The van der Waals surface area contributed by atoms with Crippen LogP contribution in [0.2, 0.25) is 0 Å². The van der Waals surface area contributed by atoms with Crippen LogP contribution >= 0.6 is 0 Å². The highest BCUT2D eigenvalue weighted by Crippen LogP contribution is 2.24. The van der Waals surface area contributed by atoms with E-state index in [9.17, 15) is 9.59 Å². The zero-order valence-electron chi connectivity index (χ0n) is 12.7. The summed E-state index contributed by atoms with van der Waals surface area (Å²) in [6.07, 6.45) is 2.16. The molecule has 0 aromatic heterocycles. The minimum atomic E-state index is -0.980. The van der Waals surface area contributed by atoms with E-state index in [2.05, 4.69) is 38.3 Å². The second kappa shape index (κ2) is 8.02. The molecule has 0 spiro atoms. The summed E-state index contributed by atoms with van der Waals surface area (Å²) in [5.41, 5.74) is -0.0144. The molecule has 0 saturated heterocycles. The molecule has 0 aliphatic carbocycles. The van der Waals surface area contributed by atoms with Crippen LogP contribution in [0.1, 0.15) is 53.9 Å². The number of aliphatic carboxylic acids is 1. The van der Waals surface area contributed by atoms with Gasteiger partial charge in [-0.1, -0.05) is 47.5 Å². The van der Waals surface area contributed by atoms with Crippen LogP contribution in [0.4, 0.5) is 4.79 Å². The van der Waals surface area contributed by atoms with Gasteiger partial charge in [0.1, 0.15) is 6.04 Å². The highest BCUT2D eigenvalue weighted by atomic mass is 16.4. The predicted octanol–water partition coefficient (Wildman–Crippen LogP) is 2.61. The van der Waals surface area contributed by atoms with Gasteiger partial charge in [-0.2, -0.15) is 0 Å². The number of carbonyl (C=O) groups excluding carboxylic acids is 1. The summed E-state index contributed by atoms with van der Waals surface area (Å²) in [4.78, 5) is 22.7. The van der Waals surface area contributed by atoms with Crippen molar-refractivity contribution in [3.05, 3.63) is 0 Å². The maximum Gasteiger partial charge on any atom is 0.326 e. The number of nitrogens with one attached hydrogen (secondary N) is 2. The molecule has 112 valence electrons. The number of rotatable bonds is 8. The first-order chi connectivity index (χ1) is 8.70. The molecule has 0 fully saturated rings. The van der Waals surface area contributed by atoms with Crippen molar-refractivity contribution in [2.45, 2.75) is 59.9 Å². The summed E-state index contributed by atoms with van der Waals surface area (Å²) in [6.45, 7) is 10.9. The Balaban J connectivity index is 4.24. The first-order valence-electron chi connectivity index (χ1n) is 6.98. The minimum absolute atomic E-state index is 0.0144. The van der Waals surface area contributed by atoms with Crippen molar-refractivity contribution in [1.29, 1.82) is 0 Å². The first kappa shape index (κ1) is 17.7. The average Bonchev–Trinajstić information content (AvgIpc) is 2.31. The Hall–Kier alpha value is -1.26. The Morgan fingerprint density at radius 2 is 1.84 bits per heavy atom. The van der Waals surface area contributed by atoms with E-state index in [1.165, 1.54) is 0 Å². The van der Waals surface area contributed by atoms with Crippen molar-refractivity contribution in [2.75, 3.05) is 6.54 Å². The maximum absolute atomic E-state index is 11.7.